The van der Waals surface area contributed by atoms with Crippen molar-refractivity contribution in [2.75, 3.05) is 11.1 Å². The Morgan fingerprint density at radius 2 is 2.14 bits per heavy atom. The van der Waals surface area contributed by atoms with Gasteiger partial charge in [0, 0.05) is 17.8 Å². The largest absolute Gasteiger partial charge is 0.446 e. The number of thioether (sulfide) groups is 1. The van der Waals surface area contributed by atoms with Crippen molar-refractivity contribution in [2.24, 2.45) is 0 Å². The van der Waals surface area contributed by atoms with Crippen molar-refractivity contribution in [3.63, 3.8) is 0 Å². The second kappa shape index (κ2) is 8.97. The molecular formula is C17H15BrClN5O4S. The molecule has 12 heteroatoms. The Hall–Kier alpha value is -2.37. The second-order valence-electron chi connectivity index (χ2n) is 6.13. The molecule has 0 saturated heterocycles. The zero-order valence-corrected chi connectivity index (χ0v) is 18.4. The van der Waals surface area contributed by atoms with E-state index in [1.54, 1.807) is 12.1 Å². The lowest BCUT2D eigenvalue weighted by atomic mass is 10.3. The predicted molar refractivity (Wildman–Crippen MR) is 113 cm³/mol. The zero-order chi connectivity index (χ0) is 21.1. The van der Waals surface area contributed by atoms with E-state index in [2.05, 4.69) is 31.4 Å². The fourth-order valence-electron chi connectivity index (χ4n) is 2.50. The van der Waals surface area contributed by atoms with Gasteiger partial charge < -0.3 is 9.73 Å². The van der Waals surface area contributed by atoms with Gasteiger partial charge in [-0.15, -0.1) is 10.2 Å². The standard InChI is InChI=1S/C17H15BrClN5O4S/c1-9(2)23-16(13-5-6-14(18)28-13)21-22-17(23)29-8-15(25)20-10-3-4-11(19)12(7-10)24(26)27/h3-7,9H,8H2,1-2H3,(H,20,25). The van der Waals surface area contributed by atoms with Gasteiger partial charge in [0.05, 0.1) is 10.7 Å². The van der Waals surface area contributed by atoms with Crippen LogP contribution < -0.4 is 5.32 Å². The summed E-state index contributed by atoms with van der Waals surface area (Å²) in [5.41, 5.74) is 0.0177. The molecule has 0 fully saturated rings. The summed E-state index contributed by atoms with van der Waals surface area (Å²) in [6.07, 6.45) is 0. The molecule has 0 spiro atoms. The Morgan fingerprint density at radius 1 is 1.38 bits per heavy atom. The van der Waals surface area contributed by atoms with Crippen LogP contribution >= 0.6 is 39.3 Å². The summed E-state index contributed by atoms with van der Waals surface area (Å²) in [6, 6.07) is 7.66. The highest BCUT2D eigenvalue weighted by Gasteiger charge is 2.20. The highest BCUT2D eigenvalue weighted by molar-refractivity contribution is 9.10. The number of nitrogens with zero attached hydrogens (tertiary/aromatic N) is 4. The first-order valence-electron chi connectivity index (χ1n) is 8.33. The van der Waals surface area contributed by atoms with Crippen molar-refractivity contribution in [1.82, 2.24) is 14.8 Å². The van der Waals surface area contributed by atoms with Gasteiger partial charge in [-0.3, -0.25) is 19.5 Å². The minimum atomic E-state index is -0.605. The lowest BCUT2D eigenvalue weighted by molar-refractivity contribution is -0.384. The van der Waals surface area contributed by atoms with Crippen LogP contribution in [0.5, 0.6) is 0 Å². The minimum Gasteiger partial charge on any atom is -0.446 e. The van der Waals surface area contributed by atoms with Gasteiger partial charge >= 0.3 is 0 Å². The number of carbonyl (C=O) groups excluding carboxylic acids is 1. The molecule has 9 nitrogen and oxygen atoms in total. The van der Waals surface area contributed by atoms with Crippen LogP contribution in [0.25, 0.3) is 11.6 Å². The van der Waals surface area contributed by atoms with Crippen LogP contribution in [0.1, 0.15) is 19.9 Å². The maximum atomic E-state index is 12.3. The molecule has 0 unspecified atom stereocenters. The number of rotatable bonds is 7. The van der Waals surface area contributed by atoms with E-state index in [0.29, 0.717) is 21.4 Å². The number of benzene rings is 1. The molecule has 29 heavy (non-hydrogen) atoms. The third-order valence-corrected chi connectivity index (χ3v) is 5.42. The molecule has 152 valence electrons. The van der Waals surface area contributed by atoms with Crippen molar-refractivity contribution in [1.29, 1.82) is 0 Å². The van der Waals surface area contributed by atoms with E-state index < -0.39 is 4.92 Å². The number of hydrogen-bond donors (Lipinski definition) is 1. The van der Waals surface area contributed by atoms with Gasteiger partial charge in [-0.05, 0) is 54.0 Å². The van der Waals surface area contributed by atoms with Gasteiger partial charge in [-0.25, -0.2) is 0 Å². The van der Waals surface area contributed by atoms with E-state index in [-0.39, 0.29) is 34.1 Å². The number of halogens is 2. The van der Waals surface area contributed by atoms with Gasteiger partial charge in [0.15, 0.2) is 15.6 Å². The maximum Gasteiger partial charge on any atom is 0.289 e. The Bertz CT molecular complexity index is 1070. The molecule has 1 N–H and O–H groups in total. The summed E-state index contributed by atoms with van der Waals surface area (Å²) in [7, 11) is 0. The Balaban J connectivity index is 1.71. The molecule has 0 bridgehead atoms. The average Bonchev–Trinajstić information content (AvgIpc) is 3.27. The molecule has 0 aliphatic rings. The van der Waals surface area contributed by atoms with Gasteiger partial charge in [0.2, 0.25) is 11.7 Å². The van der Waals surface area contributed by atoms with Gasteiger partial charge in [-0.2, -0.15) is 0 Å². The second-order valence-corrected chi connectivity index (χ2v) is 8.27. The number of furan rings is 1. The maximum absolute atomic E-state index is 12.3. The van der Waals surface area contributed by atoms with Gasteiger partial charge in [-0.1, -0.05) is 23.4 Å². The van der Waals surface area contributed by atoms with Crippen molar-refractivity contribution >= 4 is 56.6 Å². The van der Waals surface area contributed by atoms with E-state index in [9.17, 15) is 14.9 Å². The Kier molecular flexibility index (Phi) is 6.60. The molecule has 2 heterocycles. The van der Waals surface area contributed by atoms with Gasteiger partial charge in [0.1, 0.15) is 5.02 Å². The van der Waals surface area contributed by atoms with E-state index in [1.807, 2.05) is 18.4 Å². The van der Waals surface area contributed by atoms with Crippen LogP contribution in [0.3, 0.4) is 0 Å². The number of hydrogen-bond acceptors (Lipinski definition) is 7. The highest BCUT2D eigenvalue weighted by Crippen LogP contribution is 2.31. The lowest BCUT2D eigenvalue weighted by Gasteiger charge is -2.12. The molecule has 0 radical (unpaired) electrons. The van der Waals surface area contributed by atoms with E-state index >= 15 is 0 Å². The first-order chi connectivity index (χ1) is 13.8. The zero-order valence-electron chi connectivity index (χ0n) is 15.3. The first-order valence-corrected chi connectivity index (χ1v) is 10.5. The number of nitro benzene ring substituents is 1. The lowest BCUT2D eigenvalue weighted by Crippen LogP contribution is -2.15. The van der Waals surface area contributed by atoms with Crippen molar-refractivity contribution in [2.45, 2.75) is 25.0 Å². The topological polar surface area (TPSA) is 116 Å². The molecule has 0 aliphatic heterocycles. The van der Waals surface area contributed by atoms with Crippen molar-refractivity contribution < 1.29 is 14.1 Å². The fraction of sp³-hybridized carbons (Fsp3) is 0.235. The first kappa shape index (κ1) is 21.3. The van der Waals surface area contributed by atoms with E-state index in [0.717, 1.165) is 0 Å². The number of anilines is 1. The monoisotopic (exact) mass is 499 g/mol. The SMILES string of the molecule is CC(C)n1c(SCC(=O)Nc2ccc(Cl)c([N+](=O)[O-])c2)nnc1-c1ccc(Br)o1. The summed E-state index contributed by atoms with van der Waals surface area (Å²) >= 11 is 10.3. The molecule has 0 aliphatic carbocycles. The fourth-order valence-corrected chi connectivity index (χ4v) is 3.86. The molecule has 3 rings (SSSR count). The number of amides is 1. The van der Waals surface area contributed by atoms with Crippen LogP contribution in [0.2, 0.25) is 5.02 Å². The van der Waals surface area contributed by atoms with Crippen LogP contribution in [-0.4, -0.2) is 31.3 Å². The molecule has 2 aromatic heterocycles. The van der Waals surface area contributed by atoms with Crippen molar-refractivity contribution in [3.8, 4) is 11.6 Å². The van der Waals surface area contributed by atoms with E-state index in [4.69, 9.17) is 16.0 Å². The van der Waals surface area contributed by atoms with Crippen LogP contribution in [-0.2, 0) is 4.79 Å². The molecule has 1 aromatic carbocycles. The predicted octanol–water partition coefficient (Wildman–Crippen LogP) is 5.17. The minimum absolute atomic E-state index is 0.00417. The number of nitro groups is 1. The smallest absolute Gasteiger partial charge is 0.289 e. The molecule has 1 amide bonds. The van der Waals surface area contributed by atoms with Crippen LogP contribution in [0.15, 0.2) is 44.6 Å². The quantitative estimate of drug-likeness (QED) is 0.270. The highest BCUT2D eigenvalue weighted by atomic mass is 79.9. The number of aromatic nitrogens is 3. The normalized spacial score (nSPS) is 11.1. The van der Waals surface area contributed by atoms with Crippen molar-refractivity contribution in [3.05, 3.63) is 50.1 Å². The average molecular weight is 501 g/mol. The number of carbonyl (C=O) groups is 1. The van der Waals surface area contributed by atoms with Crippen LogP contribution in [0, 0.1) is 10.1 Å². The number of nitrogens with one attached hydrogen (secondary N) is 1. The van der Waals surface area contributed by atoms with Gasteiger partial charge in [0.25, 0.3) is 5.69 Å². The molecule has 0 atom stereocenters. The summed E-state index contributed by atoms with van der Waals surface area (Å²) < 4.78 is 8.01. The Morgan fingerprint density at radius 3 is 2.76 bits per heavy atom. The third kappa shape index (κ3) is 4.98. The molecular weight excluding hydrogens is 486 g/mol. The Labute approximate surface area is 183 Å². The van der Waals surface area contributed by atoms with Crippen LogP contribution in [0.4, 0.5) is 11.4 Å². The summed E-state index contributed by atoms with van der Waals surface area (Å²) in [6.45, 7) is 3.95. The van der Waals surface area contributed by atoms with E-state index in [1.165, 1.54) is 30.0 Å². The summed E-state index contributed by atoms with van der Waals surface area (Å²) in [5, 5.41) is 22.5. The third-order valence-electron chi connectivity index (χ3n) is 3.73. The summed E-state index contributed by atoms with van der Waals surface area (Å²) in [5.74, 6) is 0.820. The summed E-state index contributed by atoms with van der Waals surface area (Å²) in [4.78, 5) is 22.7. The molecule has 0 saturated carbocycles. The molecule has 3 aromatic rings.